The molecule has 0 aliphatic rings. The average Bonchev–Trinajstić information content (AvgIpc) is 1.56. The third-order valence-corrected chi connectivity index (χ3v) is 18.8. The second kappa shape index (κ2) is 24.6. The van der Waals surface area contributed by atoms with Crippen molar-refractivity contribution in [3.8, 4) is 136 Å². The molecule has 454 valence electrons. The average molecular weight is 1250 g/mol. The van der Waals surface area contributed by atoms with E-state index in [4.69, 9.17) is 21.5 Å². The van der Waals surface area contributed by atoms with Gasteiger partial charge in [-0.15, -0.1) is 0 Å². The molecule has 0 fully saturated rings. The molecule has 0 amide bonds. The number of benzene rings is 14. The molecule has 0 aliphatic heterocycles. The zero-order valence-corrected chi connectivity index (χ0v) is 52.8. The van der Waals surface area contributed by atoms with Crippen molar-refractivity contribution in [2.45, 2.75) is 0 Å². The van der Waals surface area contributed by atoms with Gasteiger partial charge in [-0.3, -0.25) is 0 Å². The summed E-state index contributed by atoms with van der Waals surface area (Å²) >= 11 is 0. The molecule has 0 spiro atoms. The summed E-state index contributed by atoms with van der Waals surface area (Å²) in [4.78, 5) is 20.9. The highest BCUT2D eigenvalue weighted by Gasteiger charge is 2.25. The summed E-state index contributed by atoms with van der Waals surface area (Å²) in [5.74, 6) is 1.12. The van der Waals surface area contributed by atoms with Crippen molar-refractivity contribution in [2.24, 2.45) is 0 Å². The molecule has 17 aromatic rings. The summed E-state index contributed by atoms with van der Waals surface area (Å²) in [7, 11) is 0. The van der Waals surface area contributed by atoms with Crippen LogP contribution in [0.5, 0.6) is 0 Å². The Morgan fingerprint density at radius 1 is 0.255 bits per heavy atom. The molecule has 0 saturated carbocycles. The fraction of sp³-hybridized carbons (Fsp3) is 0. The van der Waals surface area contributed by atoms with E-state index in [2.05, 4.69) is 232 Å². The van der Waals surface area contributed by atoms with Gasteiger partial charge in [-0.25, -0.2) is 19.8 Å². The number of fused-ring (bicyclic) bond motifs is 6. The predicted octanol–water partition coefficient (Wildman–Crippen LogP) is 23.0. The van der Waals surface area contributed by atoms with Gasteiger partial charge in [0.15, 0.2) is 23.2 Å². The molecule has 0 saturated heterocycles. The molecule has 8 heteroatoms. The first-order valence-electron chi connectivity index (χ1n) is 32.5. The predicted molar refractivity (Wildman–Crippen MR) is 399 cm³/mol. The first-order valence-corrected chi connectivity index (χ1v) is 32.5. The van der Waals surface area contributed by atoms with Crippen LogP contribution in [-0.2, 0) is 0 Å². The first kappa shape index (κ1) is 58.0. The van der Waals surface area contributed by atoms with Gasteiger partial charge in [0.1, 0.15) is 0 Å². The molecule has 0 bridgehead atoms. The van der Waals surface area contributed by atoms with Crippen LogP contribution in [0.2, 0.25) is 0 Å². The Kier molecular flexibility index (Phi) is 14.5. The van der Waals surface area contributed by atoms with Gasteiger partial charge in [-0.05, 0) is 157 Å². The maximum atomic E-state index is 10.9. The highest BCUT2D eigenvalue weighted by molar-refractivity contribution is 6.13. The number of aromatic nitrogens is 5. The standard InChI is InChI=1S/C90H54N8/c1-93-83-33-19-18-32-76(83)75-45-43-71(98-86-48-40-66(60-24-10-4-11-25-60)52-79(86)80-53-67(41-49-87(80)98)61-26-12-5-13-27-61)55-82(75)90-95-88(63-36-34-62(35-37-63)72-30-16-14-28-68(72)56-91)94-89(96-90)81-54-70(42-44-74(81)73-31-17-15-29-69(73)57-92)97-84-46-38-64(58-20-6-2-7-21-58)50-77(84)78-51-65(39-47-85(78)97)59-22-8-3-9-23-59/h2-55H. The molecular weight excluding hydrogens is 1190 g/mol. The number of para-hydroxylation sites is 1. The fourth-order valence-corrected chi connectivity index (χ4v) is 14.0. The number of hydrogen-bond donors (Lipinski definition) is 0. The normalized spacial score (nSPS) is 11.2. The highest BCUT2D eigenvalue weighted by atomic mass is 15.0. The van der Waals surface area contributed by atoms with Crippen LogP contribution in [0.1, 0.15) is 11.1 Å². The van der Waals surface area contributed by atoms with Gasteiger partial charge in [0.25, 0.3) is 0 Å². The van der Waals surface area contributed by atoms with E-state index in [0.717, 1.165) is 127 Å². The fourth-order valence-electron chi connectivity index (χ4n) is 14.0. The zero-order chi connectivity index (χ0) is 65.6. The van der Waals surface area contributed by atoms with Crippen LogP contribution in [-0.4, -0.2) is 24.1 Å². The minimum Gasteiger partial charge on any atom is -0.309 e. The smallest absolute Gasteiger partial charge is 0.194 e. The van der Waals surface area contributed by atoms with Crippen molar-refractivity contribution >= 4 is 49.3 Å². The van der Waals surface area contributed by atoms with Gasteiger partial charge in [0, 0.05) is 55.2 Å². The largest absolute Gasteiger partial charge is 0.309 e. The summed E-state index contributed by atoms with van der Waals surface area (Å²) in [5.41, 5.74) is 22.8. The van der Waals surface area contributed by atoms with Crippen molar-refractivity contribution in [3.05, 3.63) is 350 Å². The lowest BCUT2D eigenvalue weighted by molar-refractivity contribution is 1.07. The zero-order valence-electron chi connectivity index (χ0n) is 52.8. The van der Waals surface area contributed by atoms with Gasteiger partial charge in [-0.2, -0.15) is 10.5 Å². The molecule has 0 aliphatic carbocycles. The Morgan fingerprint density at radius 2 is 0.582 bits per heavy atom. The third kappa shape index (κ3) is 10.3. The van der Waals surface area contributed by atoms with E-state index in [1.807, 2.05) is 121 Å². The van der Waals surface area contributed by atoms with E-state index in [9.17, 15) is 10.5 Å². The van der Waals surface area contributed by atoms with Crippen molar-refractivity contribution in [2.75, 3.05) is 0 Å². The lowest BCUT2D eigenvalue weighted by atomic mass is 9.94. The Bertz CT molecular complexity index is 5610. The van der Waals surface area contributed by atoms with E-state index in [1.165, 1.54) is 0 Å². The Balaban J connectivity index is 0.937. The van der Waals surface area contributed by atoms with E-state index in [1.54, 1.807) is 0 Å². The topological polar surface area (TPSA) is 100 Å². The van der Waals surface area contributed by atoms with E-state index in [0.29, 0.717) is 56.5 Å². The number of nitriles is 2. The van der Waals surface area contributed by atoms with Crippen LogP contribution < -0.4 is 0 Å². The van der Waals surface area contributed by atoms with Gasteiger partial charge in [0.05, 0.1) is 51.9 Å². The monoisotopic (exact) mass is 1250 g/mol. The van der Waals surface area contributed by atoms with E-state index >= 15 is 0 Å². The molecule has 17 rings (SSSR count). The highest BCUT2D eigenvalue weighted by Crippen LogP contribution is 2.45. The maximum absolute atomic E-state index is 10.9. The molecule has 0 radical (unpaired) electrons. The number of hydrogen-bond acceptors (Lipinski definition) is 5. The summed E-state index contributed by atoms with van der Waals surface area (Å²) in [6, 6.07) is 117. The summed E-state index contributed by atoms with van der Waals surface area (Å²) in [6.45, 7) is 8.56. The van der Waals surface area contributed by atoms with Crippen LogP contribution in [0.25, 0.3) is 172 Å². The Morgan fingerprint density at radius 3 is 0.990 bits per heavy atom. The van der Waals surface area contributed by atoms with Gasteiger partial charge in [0.2, 0.25) is 0 Å². The second-order valence-electron chi connectivity index (χ2n) is 24.3. The van der Waals surface area contributed by atoms with Crippen molar-refractivity contribution < 1.29 is 0 Å². The Labute approximate surface area is 566 Å². The summed E-state index contributed by atoms with van der Waals surface area (Å²) < 4.78 is 4.64. The molecule has 0 unspecified atom stereocenters. The summed E-state index contributed by atoms with van der Waals surface area (Å²) in [6.07, 6.45) is 0. The van der Waals surface area contributed by atoms with Crippen molar-refractivity contribution in [1.82, 2.24) is 24.1 Å². The number of nitrogens with zero attached hydrogens (tertiary/aromatic N) is 8. The minimum absolute atomic E-state index is 0.362. The quantitative estimate of drug-likeness (QED) is 0.113. The summed E-state index contributed by atoms with van der Waals surface area (Å²) in [5, 5.41) is 25.5. The third-order valence-electron chi connectivity index (χ3n) is 18.8. The SMILES string of the molecule is [C-]#[N+]c1ccccc1-c1ccc(-n2c3ccc(-c4ccccc4)cc3c3cc(-c4ccccc4)ccc32)cc1-c1nc(-c2ccc(-c3ccccc3C#N)cc2)nc(-c2cc(-n3c4ccc(-c5ccccc5)cc4c4cc(-c5ccccc5)ccc43)ccc2-c2ccccc2C#N)n1. The van der Waals surface area contributed by atoms with Crippen molar-refractivity contribution in [1.29, 1.82) is 10.5 Å². The Hall–Kier alpha value is -13.8. The number of rotatable bonds is 12. The van der Waals surface area contributed by atoms with Gasteiger partial charge in [-0.1, -0.05) is 243 Å². The molecule has 0 N–H and O–H groups in total. The van der Waals surface area contributed by atoms with Crippen LogP contribution in [0.4, 0.5) is 5.69 Å². The van der Waals surface area contributed by atoms with Gasteiger partial charge >= 0.3 is 0 Å². The van der Waals surface area contributed by atoms with Crippen LogP contribution >= 0.6 is 0 Å². The molecule has 8 nitrogen and oxygen atoms in total. The second-order valence-corrected chi connectivity index (χ2v) is 24.3. The van der Waals surface area contributed by atoms with Gasteiger partial charge < -0.3 is 9.13 Å². The first-order chi connectivity index (χ1) is 48.4. The van der Waals surface area contributed by atoms with E-state index < -0.39 is 0 Å². The lowest BCUT2D eigenvalue weighted by Crippen LogP contribution is -2.04. The molecular formula is C90H54N8. The van der Waals surface area contributed by atoms with Crippen LogP contribution in [0, 0.1) is 29.2 Å². The molecule has 0 atom stereocenters. The van der Waals surface area contributed by atoms with Crippen LogP contribution in [0.3, 0.4) is 0 Å². The molecule has 14 aromatic carbocycles. The molecule has 98 heavy (non-hydrogen) atoms. The van der Waals surface area contributed by atoms with E-state index in [-0.39, 0.29) is 0 Å². The maximum Gasteiger partial charge on any atom is 0.194 e. The minimum atomic E-state index is 0.362. The molecule has 3 heterocycles. The lowest BCUT2D eigenvalue weighted by Gasteiger charge is -2.18. The molecule has 3 aromatic heterocycles. The van der Waals surface area contributed by atoms with Crippen LogP contribution in [0.15, 0.2) is 328 Å². The van der Waals surface area contributed by atoms with Crippen molar-refractivity contribution in [3.63, 3.8) is 0 Å².